The van der Waals surface area contributed by atoms with Gasteiger partial charge in [0.05, 0.1) is 0 Å². The molecule has 0 heterocycles. The zero-order valence-electron chi connectivity index (χ0n) is 9.42. The van der Waals surface area contributed by atoms with Crippen molar-refractivity contribution in [3.8, 4) is 0 Å². The number of Topliss-reactive ketones (excluding diaryl/α,β-unsaturated/α-hetero) is 1. The fraction of sp³-hybridized carbons (Fsp3) is 0.917. The zero-order valence-corrected chi connectivity index (χ0v) is 9.42. The van der Waals surface area contributed by atoms with E-state index < -0.39 is 0 Å². The van der Waals surface area contributed by atoms with Gasteiger partial charge in [-0.2, -0.15) is 0 Å². The first kappa shape index (κ1) is 11.7. The van der Waals surface area contributed by atoms with E-state index >= 15 is 0 Å². The Labute approximate surface area is 87.0 Å². The van der Waals surface area contributed by atoms with Crippen molar-refractivity contribution in [3.05, 3.63) is 0 Å². The molecule has 0 bridgehead atoms. The summed E-state index contributed by atoms with van der Waals surface area (Å²) in [5.74, 6) is 1.05. The number of carbonyl (C=O) groups excluding carboxylic acids is 1. The second-order valence-corrected chi connectivity index (χ2v) is 4.64. The van der Waals surface area contributed by atoms with Crippen LogP contribution < -0.4 is 0 Å². The van der Waals surface area contributed by atoms with Crippen LogP contribution in [0.5, 0.6) is 0 Å². The van der Waals surface area contributed by atoms with E-state index in [0.29, 0.717) is 12.5 Å². The molecule has 0 aliphatic heterocycles. The molecule has 0 spiro atoms. The first-order valence-electron chi connectivity index (χ1n) is 5.80. The number of carbonyl (C=O) groups is 1. The van der Waals surface area contributed by atoms with Gasteiger partial charge in [-0.1, -0.05) is 33.1 Å². The standard InChI is InChI=1S/C12H22O2/c1-10(2)12(13)9-14-8-11-6-4-3-5-7-11/h10-11H,3-9H2,1-2H3. The van der Waals surface area contributed by atoms with Crippen molar-refractivity contribution in [2.75, 3.05) is 13.2 Å². The Hall–Kier alpha value is -0.370. The highest BCUT2D eigenvalue weighted by molar-refractivity contribution is 5.81. The van der Waals surface area contributed by atoms with Crippen LogP contribution in [0.4, 0.5) is 0 Å². The summed E-state index contributed by atoms with van der Waals surface area (Å²) in [6, 6.07) is 0. The van der Waals surface area contributed by atoms with Crippen LogP contribution in [0.1, 0.15) is 46.0 Å². The van der Waals surface area contributed by atoms with Gasteiger partial charge in [0.2, 0.25) is 0 Å². The monoisotopic (exact) mass is 198 g/mol. The van der Waals surface area contributed by atoms with Gasteiger partial charge in [-0.25, -0.2) is 0 Å². The van der Waals surface area contributed by atoms with E-state index in [0.717, 1.165) is 6.61 Å². The van der Waals surface area contributed by atoms with Crippen molar-refractivity contribution in [2.24, 2.45) is 11.8 Å². The number of hydrogen-bond donors (Lipinski definition) is 0. The molecule has 1 fully saturated rings. The minimum Gasteiger partial charge on any atom is -0.373 e. The largest absolute Gasteiger partial charge is 0.373 e. The molecule has 0 radical (unpaired) electrons. The molecule has 82 valence electrons. The van der Waals surface area contributed by atoms with Crippen molar-refractivity contribution >= 4 is 5.78 Å². The van der Waals surface area contributed by atoms with E-state index in [1.54, 1.807) is 0 Å². The van der Waals surface area contributed by atoms with E-state index in [2.05, 4.69) is 0 Å². The lowest BCUT2D eigenvalue weighted by Crippen LogP contribution is -2.19. The topological polar surface area (TPSA) is 26.3 Å². The van der Waals surface area contributed by atoms with E-state index in [-0.39, 0.29) is 11.7 Å². The normalized spacial score (nSPS) is 18.8. The van der Waals surface area contributed by atoms with Gasteiger partial charge in [0.25, 0.3) is 0 Å². The van der Waals surface area contributed by atoms with Crippen LogP contribution in [0.15, 0.2) is 0 Å². The SMILES string of the molecule is CC(C)C(=O)COCC1CCCCC1. The summed E-state index contributed by atoms with van der Waals surface area (Å²) in [6.07, 6.45) is 6.63. The Balaban J connectivity index is 2.05. The van der Waals surface area contributed by atoms with E-state index in [4.69, 9.17) is 4.74 Å². The molecule has 0 unspecified atom stereocenters. The maximum atomic E-state index is 11.3. The van der Waals surface area contributed by atoms with Crippen LogP contribution in [-0.4, -0.2) is 19.0 Å². The average molecular weight is 198 g/mol. The quantitative estimate of drug-likeness (QED) is 0.679. The lowest BCUT2D eigenvalue weighted by atomic mass is 9.90. The highest BCUT2D eigenvalue weighted by Crippen LogP contribution is 2.23. The van der Waals surface area contributed by atoms with Gasteiger partial charge in [0.1, 0.15) is 6.61 Å². The molecule has 0 aromatic heterocycles. The Kier molecular flexibility index (Phi) is 5.16. The molecule has 14 heavy (non-hydrogen) atoms. The Morgan fingerprint density at radius 3 is 2.50 bits per heavy atom. The summed E-state index contributed by atoms with van der Waals surface area (Å²) in [7, 11) is 0. The predicted molar refractivity (Wildman–Crippen MR) is 57.2 cm³/mol. The summed E-state index contributed by atoms with van der Waals surface area (Å²) >= 11 is 0. The third kappa shape index (κ3) is 4.23. The molecule has 0 aromatic rings. The van der Waals surface area contributed by atoms with E-state index in [9.17, 15) is 4.79 Å². The number of ether oxygens (including phenoxy) is 1. The van der Waals surface area contributed by atoms with Gasteiger partial charge in [-0.15, -0.1) is 0 Å². The molecule has 0 atom stereocenters. The molecule has 1 aliphatic carbocycles. The maximum Gasteiger partial charge on any atom is 0.160 e. The molecule has 1 saturated carbocycles. The number of ketones is 1. The van der Waals surface area contributed by atoms with Crippen LogP contribution in [0.3, 0.4) is 0 Å². The highest BCUT2D eigenvalue weighted by atomic mass is 16.5. The molecule has 2 nitrogen and oxygen atoms in total. The summed E-state index contributed by atoms with van der Waals surface area (Å²) < 4.78 is 5.45. The highest BCUT2D eigenvalue weighted by Gasteiger charge is 2.14. The minimum absolute atomic E-state index is 0.112. The molecule has 2 heteroatoms. The Morgan fingerprint density at radius 1 is 1.29 bits per heavy atom. The second kappa shape index (κ2) is 6.18. The van der Waals surface area contributed by atoms with E-state index in [1.165, 1.54) is 32.1 Å². The second-order valence-electron chi connectivity index (χ2n) is 4.64. The van der Waals surface area contributed by atoms with Crippen molar-refractivity contribution in [3.63, 3.8) is 0 Å². The van der Waals surface area contributed by atoms with Gasteiger partial charge >= 0.3 is 0 Å². The molecular formula is C12H22O2. The third-order valence-electron chi connectivity index (χ3n) is 2.97. The van der Waals surface area contributed by atoms with Crippen molar-refractivity contribution in [1.29, 1.82) is 0 Å². The van der Waals surface area contributed by atoms with Crippen molar-refractivity contribution in [1.82, 2.24) is 0 Å². The Bertz CT molecular complexity index is 169. The fourth-order valence-corrected chi connectivity index (χ4v) is 1.85. The molecule has 1 rings (SSSR count). The molecule has 0 N–H and O–H groups in total. The van der Waals surface area contributed by atoms with Crippen LogP contribution in [0.25, 0.3) is 0 Å². The van der Waals surface area contributed by atoms with Gasteiger partial charge in [0.15, 0.2) is 5.78 Å². The lowest BCUT2D eigenvalue weighted by Gasteiger charge is -2.21. The van der Waals surface area contributed by atoms with Crippen LogP contribution in [-0.2, 0) is 9.53 Å². The van der Waals surface area contributed by atoms with Gasteiger partial charge in [0, 0.05) is 12.5 Å². The third-order valence-corrected chi connectivity index (χ3v) is 2.97. The van der Waals surface area contributed by atoms with Gasteiger partial charge in [-0.3, -0.25) is 4.79 Å². The Morgan fingerprint density at radius 2 is 1.93 bits per heavy atom. The predicted octanol–water partition coefficient (Wildman–Crippen LogP) is 2.81. The lowest BCUT2D eigenvalue weighted by molar-refractivity contribution is -0.127. The first-order chi connectivity index (χ1) is 6.70. The smallest absolute Gasteiger partial charge is 0.160 e. The van der Waals surface area contributed by atoms with Crippen molar-refractivity contribution < 1.29 is 9.53 Å². The molecule has 1 aliphatic rings. The maximum absolute atomic E-state index is 11.3. The summed E-state index contributed by atoms with van der Waals surface area (Å²) in [5.41, 5.74) is 0. The van der Waals surface area contributed by atoms with Gasteiger partial charge < -0.3 is 4.74 Å². The minimum atomic E-state index is 0.112. The van der Waals surface area contributed by atoms with Gasteiger partial charge in [-0.05, 0) is 18.8 Å². The number of hydrogen-bond acceptors (Lipinski definition) is 2. The summed E-state index contributed by atoms with van der Waals surface area (Å²) in [4.78, 5) is 11.3. The molecule has 0 aromatic carbocycles. The zero-order chi connectivity index (χ0) is 10.4. The van der Waals surface area contributed by atoms with Crippen LogP contribution in [0.2, 0.25) is 0 Å². The summed E-state index contributed by atoms with van der Waals surface area (Å²) in [6.45, 7) is 4.95. The summed E-state index contributed by atoms with van der Waals surface area (Å²) in [5, 5.41) is 0. The molecule has 0 amide bonds. The molecule has 0 saturated heterocycles. The van der Waals surface area contributed by atoms with Crippen LogP contribution in [0, 0.1) is 11.8 Å². The van der Waals surface area contributed by atoms with Crippen molar-refractivity contribution in [2.45, 2.75) is 46.0 Å². The van der Waals surface area contributed by atoms with Crippen LogP contribution >= 0.6 is 0 Å². The average Bonchev–Trinajstić information content (AvgIpc) is 2.19. The number of rotatable bonds is 5. The van der Waals surface area contributed by atoms with E-state index in [1.807, 2.05) is 13.8 Å². The fourth-order valence-electron chi connectivity index (χ4n) is 1.85. The first-order valence-corrected chi connectivity index (χ1v) is 5.80. The molecular weight excluding hydrogens is 176 g/mol.